The number of ether oxygens (including phenoxy) is 1. The van der Waals surface area contributed by atoms with Crippen LogP contribution in [0.5, 0.6) is 11.5 Å². The number of phenols is 1. The first kappa shape index (κ1) is 20.3. The monoisotopic (exact) mass is 408 g/mol. The smallest absolute Gasteiger partial charge is 0.314 e. The highest BCUT2D eigenvalue weighted by molar-refractivity contribution is 6.45. The Labute approximate surface area is 170 Å². The van der Waals surface area contributed by atoms with E-state index in [4.69, 9.17) is 27.9 Å². The summed E-state index contributed by atoms with van der Waals surface area (Å²) in [5, 5.41) is 11.4. The summed E-state index contributed by atoms with van der Waals surface area (Å²) in [6, 6.07) is 7.10. The number of halogens is 2. The van der Waals surface area contributed by atoms with Gasteiger partial charge in [-0.15, -0.1) is 0 Å². The van der Waals surface area contributed by atoms with Gasteiger partial charge in [0.1, 0.15) is 15.8 Å². The Morgan fingerprint density at radius 1 is 1.07 bits per heavy atom. The average molecular weight is 409 g/mol. The van der Waals surface area contributed by atoms with Gasteiger partial charge in [0.2, 0.25) is 0 Å². The summed E-state index contributed by atoms with van der Waals surface area (Å²) in [5.41, 5.74) is 0. The molecular weight excluding hydrogens is 383 g/mol. The van der Waals surface area contributed by atoms with Crippen LogP contribution in [0.3, 0.4) is 0 Å². The normalized spacial score (nSPS) is 20.0. The largest absolute Gasteiger partial charge is 0.506 e. The fourth-order valence-corrected chi connectivity index (χ4v) is 4.40. The zero-order valence-electron chi connectivity index (χ0n) is 15.6. The molecule has 2 aromatic carbocycles. The molecule has 0 heterocycles. The summed E-state index contributed by atoms with van der Waals surface area (Å²) in [6.45, 7) is 2.22. The summed E-state index contributed by atoms with van der Waals surface area (Å²) in [6.07, 6.45) is 8.95. The van der Waals surface area contributed by atoms with E-state index in [1.54, 1.807) is 18.2 Å². The maximum atomic E-state index is 12.7. The number of carbonyl (C=O) groups excluding carboxylic acids is 1. The van der Waals surface area contributed by atoms with Gasteiger partial charge in [0, 0.05) is 10.8 Å². The maximum Gasteiger partial charge on any atom is 0.314 e. The Bertz CT molecular complexity index is 811. The molecule has 5 heteroatoms. The van der Waals surface area contributed by atoms with Crippen LogP contribution in [0.1, 0.15) is 58.3 Å². The lowest BCUT2D eigenvalue weighted by Gasteiger charge is -2.27. The van der Waals surface area contributed by atoms with Crippen LogP contribution < -0.4 is 4.74 Å². The van der Waals surface area contributed by atoms with Gasteiger partial charge in [-0.2, -0.15) is 0 Å². The fraction of sp³-hybridized carbons (Fsp3) is 0.500. The molecule has 0 aliphatic heterocycles. The molecule has 0 bridgehead atoms. The molecule has 146 valence electrons. The van der Waals surface area contributed by atoms with E-state index in [0.717, 1.165) is 31.6 Å². The topological polar surface area (TPSA) is 46.5 Å². The Balaban J connectivity index is 1.70. The van der Waals surface area contributed by atoms with Crippen LogP contribution in [-0.4, -0.2) is 11.1 Å². The first-order valence-corrected chi connectivity index (χ1v) is 10.6. The zero-order chi connectivity index (χ0) is 19.4. The highest BCUT2D eigenvalue weighted by Gasteiger charge is 2.29. The van der Waals surface area contributed by atoms with Gasteiger partial charge in [-0.3, -0.25) is 4.79 Å². The van der Waals surface area contributed by atoms with Crippen molar-refractivity contribution in [1.82, 2.24) is 0 Å². The van der Waals surface area contributed by atoms with Crippen molar-refractivity contribution in [2.24, 2.45) is 11.8 Å². The summed E-state index contributed by atoms with van der Waals surface area (Å²) in [5.74, 6) is 0.522. The molecule has 3 rings (SSSR count). The lowest BCUT2D eigenvalue weighted by atomic mass is 9.80. The van der Waals surface area contributed by atoms with E-state index in [9.17, 15) is 9.90 Å². The highest BCUT2D eigenvalue weighted by Crippen LogP contribution is 2.46. The van der Waals surface area contributed by atoms with Crippen molar-refractivity contribution in [3.8, 4) is 11.5 Å². The second kappa shape index (κ2) is 9.16. The van der Waals surface area contributed by atoms with Crippen LogP contribution in [0.15, 0.2) is 24.3 Å². The Morgan fingerprint density at radius 3 is 2.41 bits per heavy atom. The number of esters is 1. The first-order valence-electron chi connectivity index (χ1n) is 9.83. The quantitative estimate of drug-likeness (QED) is 0.313. The molecule has 0 amide bonds. The number of benzene rings is 2. The molecule has 0 atom stereocenters. The van der Waals surface area contributed by atoms with Gasteiger partial charge in [0.25, 0.3) is 0 Å². The van der Waals surface area contributed by atoms with E-state index >= 15 is 0 Å². The number of rotatable bonds is 6. The van der Waals surface area contributed by atoms with E-state index < -0.39 is 0 Å². The summed E-state index contributed by atoms with van der Waals surface area (Å²) in [4.78, 5) is 12.7. The number of unbranched alkanes of at least 4 members (excludes halogenated alkanes) is 2. The van der Waals surface area contributed by atoms with Gasteiger partial charge in [-0.1, -0.05) is 80.1 Å². The molecule has 1 N–H and O–H groups in total. The van der Waals surface area contributed by atoms with Gasteiger partial charge < -0.3 is 9.84 Å². The van der Waals surface area contributed by atoms with Crippen molar-refractivity contribution in [3.63, 3.8) is 0 Å². The van der Waals surface area contributed by atoms with Crippen LogP contribution in [0.4, 0.5) is 0 Å². The van der Waals surface area contributed by atoms with Crippen molar-refractivity contribution < 1.29 is 14.6 Å². The Hall–Kier alpha value is -1.45. The van der Waals surface area contributed by atoms with Gasteiger partial charge in [-0.25, -0.2) is 0 Å². The van der Waals surface area contributed by atoms with E-state index in [1.807, 2.05) is 6.07 Å². The van der Waals surface area contributed by atoms with Gasteiger partial charge in [0.05, 0.1) is 5.92 Å². The summed E-state index contributed by atoms with van der Waals surface area (Å²) >= 11 is 12.4. The number of carbonyl (C=O) groups is 1. The second-order valence-electron chi connectivity index (χ2n) is 7.49. The number of hydrogen-bond donors (Lipinski definition) is 1. The predicted molar refractivity (Wildman–Crippen MR) is 111 cm³/mol. The number of phenolic OH excluding ortho intramolecular Hbond substituents is 1. The number of aromatic hydroxyl groups is 1. The second-order valence-corrected chi connectivity index (χ2v) is 8.24. The molecule has 1 aliphatic rings. The lowest BCUT2D eigenvalue weighted by Crippen LogP contribution is -2.26. The molecule has 0 spiro atoms. The molecule has 2 aromatic rings. The number of hydrogen-bond acceptors (Lipinski definition) is 3. The van der Waals surface area contributed by atoms with Crippen LogP contribution in [-0.2, 0) is 4.79 Å². The average Bonchev–Trinajstić information content (AvgIpc) is 2.70. The Morgan fingerprint density at radius 2 is 1.74 bits per heavy atom. The van der Waals surface area contributed by atoms with Crippen molar-refractivity contribution in [2.75, 3.05) is 0 Å². The predicted octanol–water partition coefficient (Wildman–Crippen LogP) is 7.14. The summed E-state index contributed by atoms with van der Waals surface area (Å²) < 4.78 is 5.70. The molecule has 1 fully saturated rings. The minimum absolute atomic E-state index is 0.0119. The van der Waals surface area contributed by atoms with Crippen molar-refractivity contribution >= 4 is 39.9 Å². The summed E-state index contributed by atoms with van der Waals surface area (Å²) in [7, 11) is 0. The van der Waals surface area contributed by atoms with Crippen LogP contribution in [0.25, 0.3) is 10.8 Å². The molecule has 27 heavy (non-hydrogen) atoms. The van der Waals surface area contributed by atoms with Crippen LogP contribution in [0, 0.1) is 11.8 Å². The minimum atomic E-state index is -0.254. The first-order chi connectivity index (χ1) is 13.0. The zero-order valence-corrected chi connectivity index (χ0v) is 17.2. The third-order valence-electron chi connectivity index (χ3n) is 5.63. The molecule has 0 saturated heterocycles. The van der Waals surface area contributed by atoms with E-state index in [1.165, 1.54) is 25.7 Å². The van der Waals surface area contributed by atoms with Gasteiger partial charge >= 0.3 is 5.97 Å². The van der Waals surface area contributed by atoms with Crippen molar-refractivity contribution in [2.45, 2.75) is 58.3 Å². The van der Waals surface area contributed by atoms with Crippen LogP contribution in [0.2, 0.25) is 10.0 Å². The minimum Gasteiger partial charge on any atom is -0.506 e. The highest BCUT2D eigenvalue weighted by atomic mass is 35.5. The maximum absolute atomic E-state index is 12.7. The van der Waals surface area contributed by atoms with E-state index in [-0.39, 0.29) is 33.4 Å². The molecular formula is C22H26Cl2O3. The van der Waals surface area contributed by atoms with Gasteiger partial charge in [-0.05, 0) is 31.6 Å². The third kappa shape index (κ3) is 4.52. The Kier molecular flexibility index (Phi) is 6.88. The van der Waals surface area contributed by atoms with Crippen LogP contribution >= 0.6 is 23.2 Å². The third-order valence-corrected chi connectivity index (χ3v) is 6.45. The molecule has 3 nitrogen and oxygen atoms in total. The lowest BCUT2D eigenvalue weighted by molar-refractivity contribution is -0.140. The van der Waals surface area contributed by atoms with Crippen molar-refractivity contribution in [1.29, 1.82) is 0 Å². The molecule has 1 saturated carbocycles. The standard InChI is InChI=1S/C22H26Cl2O3/c1-2-3-4-7-14-10-12-15(13-11-14)22(26)27-21-17-9-6-5-8-16(17)20(25)18(23)19(21)24/h5-6,8-9,14-15,25H,2-4,7,10-13H2,1H3. The molecule has 0 radical (unpaired) electrons. The van der Waals surface area contributed by atoms with Gasteiger partial charge in [0.15, 0.2) is 5.75 Å². The van der Waals surface area contributed by atoms with E-state index in [2.05, 4.69) is 6.92 Å². The SMILES string of the molecule is CCCCCC1CCC(C(=O)Oc2c(Cl)c(Cl)c(O)c3ccccc23)CC1. The molecule has 1 aliphatic carbocycles. The fourth-order valence-electron chi connectivity index (χ4n) is 3.98. The van der Waals surface area contributed by atoms with E-state index in [0.29, 0.717) is 10.8 Å². The number of fused-ring (bicyclic) bond motifs is 1. The van der Waals surface area contributed by atoms with Crippen molar-refractivity contribution in [3.05, 3.63) is 34.3 Å². The molecule has 0 unspecified atom stereocenters. The molecule has 0 aromatic heterocycles.